The number of nitrogens with zero attached hydrogens (tertiary/aromatic N) is 1. The number of aliphatic imine (C=N–C) groups is 1. The molecule has 3 atom stereocenters. The predicted octanol–water partition coefficient (Wildman–Crippen LogP) is 0.550. The lowest BCUT2D eigenvalue weighted by Gasteiger charge is -2.51. The van der Waals surface area contributed by atoms with Crippen molar-refractivity contribution >= 4 is 14.4 Å². The zero-order valence-corrected chi connectivity index (χ0v) is 10.3. The van der Waals surface area contributed by atoms with Crippen LogP contribution >= 0.6 is 0 Å². The molecule has 94 valence electrons. The van der Waals surface area contributed by atoms with Crippen LogP contribution in [0.25, 0.3) is 0 Å². The highest BCUT2D eigenvalue weighted by Crippen LogP contribution is 2.41. The molecule has 1 saturated heterocycles. The first-order chi connectivity index (χ1) is 8.00. The summed E-state index contributed by atoms with van der Waals surface area (Å²) in [5.74, 6) is -0.635. The van der Waals surface area contributed by atoms with Gasteiger partial charge >= 0.3 is 8.05 Å². The van der Waals surface area contributed by atoms with Crippen LogP contribution in [0, 0.1) is 0 Å². The maximum atomic E-state index is 10.2. The van der Waals surface area contributed by atoms with Gasteiger partial charge in [-0.15, -0.1) is 0 Å². The lowest BCUT2D eigenvalue weighted by molar-refractivity contribution is -0.314. The SMILES string of the molecule is [B]OC=N[C@@]12COC(C)(C)OC1CCCC2O. The first-order valence-electron chi connectivity index (χ1n) is 5.89. The Morgan fingerprint density at radius 3 is 2.94 bits per heavy atom. The van der Waals surface area contributed by atoms with E-state index in [1.165, 1.54) is 0 Å². The Hall–Kier alpha value is -0.585. The lowest BCUT2D eigenvalue weighted by atomic mass is 9.76. The molecule has 0 aromatic heterocycles. The van der Waals surface area contributed by atoms with Crippen LogP contribution in [0.2, 0.25) is 0 Å². The number of hydrogen-bond donors (Lipinski definition) is 1. The predicted molar refractivity (Wildman–Crippen MR) is 62.8 cm³/mol. The van der Waals surface area contributed by atoms with Crippen molar-refractivity contribution in [2.75, 3.05) is 6.61 Å². The van der Waals surface area contributed by atoms with Gasteiger partial charge in [-0.1, -0.05) is 0 Å². The largest absolute Gasteiger partial charge is 0.560 e. The summed E-state index contributed by atoms with van der Waals surface area (Å²) in [4.78, 5) is 4.23. The normalized spacial score (nSPS) is 41.1. The van der Waals surface area contributed by atoms with E-state index in [1.807, 2.05) is 13.8 Å². The molecule has 1 N–H and O–H groups in total. The van der Waals surface area contributed by atoms with Crippen molar-refractivity contribution in [3.05, 3.63) is 0 Å². The molecule has 2 fully saturated rings. The Balaban J connectivity index is 2.25. The molecule has 0 aromatic rings. The third-order valence-electron chi connectivity index (χ3n) is 3.51. The summed E-state index contributed by atoms with van der Waals surface area (Å²) >= 11 is 0. The van der Waals surface area contributed by atoms with Crippen LogP contribution in [0.1, 0.15) is 33.1 Å². The summed E-state index contributed by atoms with van der Waals surface area (Å²) in [5, 5.41) is 10.2. The van der Waals surface area contributed by atoms with Crippen molar-refractivity contribution in [3.63, 3.8) is 0 Å². The van der Waals surface area contributed by atoms with Crippen molar-refractivity contribution < 1.29 is 19.2 Å². The van der Waals surface area contributed by atoms with Gasteiger partial charge in [0, 0.05) is 0 Å². The van der Waals surface area contributed by atoms with Crippen molar-refractivity contribution in [2.24, 2.45) is 4.99 Å². The Morgan fingerprint density at radius 1 is 1.47 bits per heavy atom. The number of aliphatic hydroxyl groups is 1. The van der Waals surface area contributed by atoms with E-state index in [2.05, 4.69) is 9.65 Å². The summed E-state index contributed by atoms with van der Waals surface area (Å²) in [6, 6.07) is 0. The molecule has 1 aliphatic carbocycles. The minimum atomic E-state index is -0.785. The summed E-state index contributed by atoms with van der Waals surface area (Å²) in [7, 11) is 4.95. The summed E-state index contributed by atoms with van der Waals surface area (Å²) in [6.45, 7) is 4.04. The second-order valence-electron chi connectivity index (χ2n) is 5.10. The molecule has 1 aliphatic heterocycles. The molecule has 0 aromatic carbocycles. The van der Waals surface area contributed by atoms with E-state index in [0.29, 0.717) is 13.0 Å². The number of ether oxygens (including phenoxy) is 2. The first-order valence-corrected chi connectivity index (χ1v) is 5.89. The van der Waals surface area contributed by atoms with Gasteiger partial charge < -0.3 is 19.2 Å². The number of fused-ring (bicyclic) bond motifs is 1. The standard InChI is InChI=1S/C11H18BNO4/c1-10(2)15-6-11(13-7-16-12)8(14)4-3-5-9(11)17-10/h7-9,14H,3-6H2,1-2H3/t8?,9?,11-/m1/s1. The molecular weight excluding hydrogens is 221 g/mol. The summed E-state index contributed by atoms with van der Waals surface area (Å²) in [5.41, 5.74) is -0.785. The van der Waals surface area contributed by atoms with Gasteiger partial charge in [-0.3, -0.25) is 0 Å². The molecule has 6 heteroatoms. The number of hydrogen-bond acceptors (Lipinski definition) is 5. The molecule has 0 amide bonds. The maximum Gasteiger partial charge on any atom is 0.375 e. The molecular formula is C11H18BNO4. The molecule has 5 nitrogen and oxygen atoms in total. The van der Waals surface area contributed by atoms with Gasteiger partial charge in [-0.05, 0) is 33.1 Å². The Morgan fingerprint density at radius 2 is 2.24 bits per heavy atom. The van der Waals surface area contributed by atoms with Gasteiger partial charge in [0.15, 0.2) is 12.2 Å². The first kappa shape index (κ1) is 12.9. The Bertz CT molecular complexity index is 310. The fourth-order valence-electron chi connectivity index (χ4n) is 2.56. The van der Waals surface area contributed by atoms with Gasteiger partial charge in [0.1, 0.15) is 5.54 Å². The van der Waals surface area contributed by atoms with E-state index < -0.39 is 17.4 Å². The Labute approximate surface area is 103 Å². The third kappa shape index (κ3) is 2.34. The highest BCUT2D eigenvalue weighted by Gasteiger charge is 2.54. The van der Waals surface area contributed by atoms with E-state index >= 15 is 0 Å². The quantitative estimate of drug-likeness (QED) is 0.434. The average molecular weight is 239 g/mol. The summed E-state index contributed by atoms with van der Waals surface area (Å²) in [6.07, 6.45) is 2.84. The lowest BCUT2D eigenvalue weighted by Crippen LogP contribution is -2.64. The molecule has 2 radical (unpaired) electrons. The van der Waals surface area contributed by atoms with Crippen molar-refractivity contribution in [1.29, 1.82) is 0 Å². The molecule has 2 aliphatic rings. The van der Waals surface area contributed by atoms with Crippen molar-refractivity contribution in [1.82, 2.24) is 0 Å². The van der Waals surface area contributed by atoms with Gasteiger partial charge in [0.05, 0.1) is 18.8 Å². The highest BCUT2D eigenvalue weighted by atomic mass is 16.7. The van der Waals surface area contributed by atoms with Crippen LogP contribution in [0.15, 0.2) is 4.99 Å². The summed E-state index contributed by atoms with van der Waals surface area (Å²) < 4.78 is 15.8. The average Bonchev–Trinajstić information content (AvgIpc) is 2.27. The number of aliphatic hydroxyl groups excluding tert-OH is 1. The van der Waals surface area contributed by atoms with E-state index in [4.69, 9.17) is 17.5 Å². The second kappa shape index (κ2) is 4.59. The van der Waals surface area contributed by atoms with Crippen molar-refractivity contribution in [2.45, 2.75) is 56.6 Å². The van der Waals surface area contributed by atoms with E-state index in [9.17, 15) is 5.11 Å². The maximum absolute atomic E-state index is 10.2. The zero-order chi connectivity index (χ0) is 12.5. The zero-order valence-electron chi connectivity index (χ0n) is 10.3. The smallest absolute Gasteiger partial charge is 0.375 e. The van der Waals surface area contributed by atoms with Crippen molar-refractivity contribution in [3.8, 4) is 0 Å². The molecule has 1 heterocycles. The third-order valence-corrected chi connectivity index (χ3v) is 3.51. The van der Waals surface area contributed by atoms with E-state index in [-0.39, 0.29) is 6.10 Å². The monoisotopic (exact) mass is 239 g/mol. The van der Waals surface area contributed by atoms with Crippen LogP contribution in [0.4, 0.5) is 0 Å². The van der Waals surface area contributed by atoms with Gasteiger partial charge in [-0.25, -0.2) is 4.99 Å². The topological polar surface area (TPSA) is 60.3 Å². The molecule has 17 heavy (non-hydrogen) atoms. The van der Waals surface area contributed by atoms with E-state index in [1.54, 1.807) is 0 Å². The number of rotatable bonds is 2. The molecule has 0 spiro atoms. The molecule has 2 rings (SSSR count). The minimum Gasteiger partial charge on any atom is -0.560 e. The fourth-order valence-corrected chi connectivity index (χ4v) is 2.56. The fraction of sp³-hybridized carbons (Fsp3) is 0.909. The highest BCUT2D eigenvalue weighted by molar-refractivity contribution is 6.02. The van der Waals surface area contributed by atoms with Crippen LogP contribution in [-0.4, -0.2) is 49.7 Å². The molecule has 0 bridgehead atoms. The van der Waals surface area contributed by atoms with Gasteiger partial charge in [0.2, 0.25) is 0 Å². The van der Waals surface area contributed by atoms with E-state index in [0.717, 1.165) is 19.2 Å². The van der Waals surface area contributed by atoms with Gasteiger partial charge in [-0.2, -0.15) is 0 Å². The molecule has 1 saturated carbocycles. The molecule has 2 unspecified atom stereocenters. The minimum absolute atomic E-state index is 0.165. The van der Waals surface area contributed by atoms with Gasteiger partial charge in [0.25, 0.3) is 0 Å². The van der Waals surface area contributed by atoms with Crippen LogP contribution in [-0.2, 0) is 14.1 Å². The van der Waals surface area contributed by atoms with Crippen LogP contribution in [0.5, 0.6) is 0 Å². The second-order valence-corrected chi connectivity index (χ2v) is 5.10. The van der Waals surface area contributed by atoms with Crippen LogP contribution < -0.4 is 0 Å². The van der Waals surface area contributed by atoms with Crippen LogP contribution in [0.3, 0.4) is 0 Å². The Kier molecular flexibility index (Phi) is 3.47.